The Morgan fingerprint density at radius 2 is 1.73 bits per heavy atom. The van der Waals surface area contributed by atoms with Crippen LogP contribution in [0.1, 0.15) is 125 Å². The molecule has 210 valence electrons. The molecule has 37 heavy (non-hydrogen) atoms. The molecule has 6 rings (SSSR count). The van der Waals surface area contributed by atoms with Gasteiger partial charge in [-0.1, -0.05) is 47.5 Å². The summed E-state index contributed by atoms with van der Waals surface area (Å²) in [6.45, 7) is 13.1. The molecule has 0 bridgehead atoms. The van der Waals surface area contributed by atoms with E-state index in [9.17, 15) is 4.79 Å². The van der Waals surface area contributed by atoms with E-state index in [1.165, 1.54) is 44.9 Å². The van der Waals surface area contributed by atoms with Crippen LogP contribution in [0.25, 0.3) is 0 Å². The molecule has 0 amide bonds. The van der Waals surface area contributed by atoms with E-state index in [2.05, 4.69) is 34.6 Å². The van der Waals surface area contributed by atoms with Crippen molar-refractivity contribution in [3.8, 4) is 0 Å². The van der Waals surface area contributed by atoms with E-state index in [4.69, 9.17) is 14.2 Å². The van der Waals surface area contributed by atoms with Crippen LogP contribution in [0.15, 0.2) is 0 Å². The second-order valence-corrected chi connectivity index (χ2v) is 15.0. The molecule has 0 N–H and O–H groups in total. The van der Waals surface area contributed by atoms with Gasteiger partial charge in [0.15, 0.2) is 5.79 Å². The lowest BCUT2D eigenvalue weighted by Gasteiger charge is -2.61. The number of carbonyl (C=O) groups excluding carboxylic acids is 1. The van der Waals surface area contributed by atoms with Crippen molar-refractivity contribution in [3.05, 3.63) is 0 Å². The molecular formula is C33H54O4. The molecule has 1 spiro atoms. The maximum absolute atomic E-state index is 12.4. The minimum atomic E-state index is -0.303. The maximum atomic E-state index is 12.4. The molecule has 6 fully saturated rings. The summed E-state index contributed by atoms with van der Waals surface area (Å²) < 4.78 is 19.5. The lowest BCUT2D eigenvalue weighted by molar-refractivity contribution is -0.273. The van der Waals surface area contributed by atoms with Crippen LogP contribution >= 0.6 is 0 Å². The predicted molar refractivity (Wildman–Crippen MR) is 146 cm³/mol. The Morgan fingerprint density at radius 3 is 2.49 bits per heavy atom. The molecule has 0 unspecified atom stereocenters. The molecule has 4 nitrogen and oxygen atoms in total. The Labute approximate surface area is 226 Å². The molecule has 0 aromatic heterocycles. The molecule has 2 saturated heterocycles. The molecule has 4 heteroatoms. The van der Waals surface area contributed by atoms with Crippen LogP contribution in [-0.2, 0) is 19.0 Å². The molecule has 6 aliphatic rings. The van der Waals surface area contributed by atoms with Crippen molar-refractivity contribution in [1.82, 2.24) is 0 Å². The third-order valence-electron chi connectivity index (χ3n) is 13.2. The van der Waals surface area contributed by atoms with E-state index in [1.54, 1.807) is 0 Å². The van der Waals surface area contributed by atoms with Crippen LogP contribution in [0.2, 0.25) is 0 Å². The molecule has 4 saturated carbocycles. The van der Waals surface area contributed by atoms with Crippen molar-refractivity contribution < 1.29 is 19.0 Å². The summed E-state index contributed by atoms with van der Waals surface area (Å²) in [6, 6.07) is 0. The van der Waals surface area contributed by atoms with Crippen molar-refractivity contribution in [2.45, 2.75) is 143 Å². The summed E-state index contributed by atoms with van der Waals surface area (Å²) in [6.07, 6.45) is 16.8. The zero-order valence-corrected chi connectivity index (χ0v) is 24.4. The first-order valence-corrected chi connectivity index (χ1v) is 16.2. The average molecular weight is 515 g/mol. The van der Waals surface area contributed by atoms with Crippen molar-refractivity contribution in [2.75, 3.05) is 6.61 Å². The molecule has 12 atom stereocenters. The zero-order chi connectivity index (χ0) is 26.0. The van der Waals surface area contributed by atoms with Gasteiger partial charge in [0.05, 0.1) is 12.7 Å². The standard InChI is InChI=1S/C33H54O4/c1-6-7-8-9-29(34)36-24-13-15-31(4)23(18-24)10-11-25-26(31)14-16-32(5)27(25)19-28-30(32)22(3)33(37-28)17-12-21(2)20-35-33/h21-28,30H,6-20H2,1-5H3/t21-,22-,23-,24+,25+,26-,27-,28-,30-,31-,32-,33-/m0/s1. The van der Waals surface area contributed by atoms with Crippen LogP contribution in [0, 0.1) is 52.3 Å². The summed E-state index contributed by atoms with van der Waals surface area (Å²) in [5, 5.41) is 0. The Balaban J connectivity index is 1.12. The Hall–Kier alpha value is -0.610. The number of esters is 1. The number of carbonyl (C=O) groups is 1. The summed E-state index contributed by atoms with van der Waals surface area (Å²) in [5.74, 6) is 4.76. The SMILES string of the molecule is CCCCCC(=O)O[C@@H]1CC[C@@]2(C)[C@@H](CC[C@@H]3[C@@H]2CC[C@]2(C)[C@@H]4[C@H](C[C@@H]32)O[C@@]2(CC[C@H](C)CO2)[C@H]4C)C1. The van der Waals surface area contributed by atoms with Crippen LogP contribution in [-0.4, -0.2) is 30.6 Å². The lowest BCUT2D eigenvalue weighted by atomic mass is 9.44. The summed E-state index contributed by atoms with van der Waals surface area (Å²) in [7, 11) is 0. The van der Waals surface area contributed by atoms with Crippen LogP contribution < -0.4 is 0 Å². The highest BCUT2D eigenvalue weighted by atomic mass is 16.7. The zero-order valence-electron chi connectivity index (χ0n) is 24.4. The van der Waals surface area contributed by atoms with Crippen molar-refractivity contribution >= 4 is 5.97 Å². The molecule has 0 radical (unpaired) electrons. The van der Waals surface area contributed by atoms with Gasteiger partial charge in [-0.2, -0.15) is 0 Å². The van der Waals surface area contributed by atoms with E-state index in [-0.39, 0.29) is 17.9 Å². The van der Waals surface area contributed by atoms with E-state index < -0.39 is 0 Å². The van der Waals surface area contributed by atoms with Crippen LogP contribution in [0.4, 0.5) is 0 Å². The molecular weight excluding hydrogens is 460 g/mol. The number of unbranched alkanes of at least 4 members (excludes halogenated alkanes) is 2. The quantitative estimate of drug-likeness (QED) is 0.276. The first-order chi connectivity index (χ1) is 17.7. The van der Waals surface area contributed by atoms with Gasteiger partial charge in [-0.3, -0.25) is 4.79 Å². The fourth-order valence-corrected chi connectivity index (χ4v) is 11.1. The fourth-order valence-electron chi connectivity index (χ4n) is 11.1. The number of hydrogen-bond acceptors (Lipinski definition) is 4. The van der Waals surface area contributed by atoms with Gasteiger partial charge in [-0.15, -0.1) is 0 Å². The number of hydrogen-bond donors (Lipinski definition) is 0. The maximum Gasteiger partial charge on any atom is 0.306 e. The van der Waals surface area contributed by atoms with Gasteiger partial charge in [0.25, 0.3) is 0 Å². The largest absolute Gasteiger partial charge is 0.462 e. The summed E-state index contributed by atoms with van der Waals surface area (Å²) in [4.78, 5) is 12.4. The van der Waals surface area contributed by atoms with Gasteiger partial charge in [-0.25, -0.2) is 0 Å². The molecule has 0 aromatic carbocycles. The summed E-state index contributed by atoms with van der Waals surface area (Å²) >= 11 is 0. The minimum absolute atomic E-state index is 0.0463. The predicted octanol–water partition coefficient (Wildman–Crippen LogP) is 7.93. The Bertz CT molecular complexity index is 847. The van der Waals surface area contributed by atoms with Gasteiger partial charge in [0, 0.05) is 18.8 Å². The van der Waals surface area contributed by atoms with Crippen molar-refractivity contribution in [3.63, 3.8) is 0 Å². The topological polar surface area (TPSA) is 44.8 Å². The minimum Gasteiger partial charge on any atom is -0.462 e. The lowest BCUT2D eigenvalue weighted by Crippen LogP contribution is -2.55. The highest BCUT2D eigenvalue weighted by molar-refractivity contribution is 5.69. The van der Waals surface area contributed by atoms with E-state index in [0.29, 0.717) is 41.1 Å². The number of fused-ring (bicyclic) bond motifs is 7. The van der Waals surface area contributed by atoms with Crippen molar-refractivity contribution in [1.29, 1.82) is 0 Å². The van der Waals surface area contributed by atoms with Crippen LogP contribution in [0.5, 0.6) is 0 Å². The smallest absolute Gasteiger partial charge is 0.306 e. The van der Waals surface area contributed by atoms with Gasteiger partial charge in [-0.05, 0) is 111 Å². The third-order valence-corrected chi connectivity index (χ3v) is 13.2. The molecule has 2 aliphatic heterocycles. The van der Waals surface area contributed by atoms with Crippen LogP contribution in [0.3, 0.4) is 0 Å². The molecule has 4 aliphatic carbocycles. The summed E-state index contributed by atoms with van der Waals surface area (Å²) in [5.41, 5.74) is 0.818. The van der Waals surface area contributed by atoms with Gasteiger partial charge >= 0.3 is 5.97 Å². The van der Waals surface area contributed by atoms with Crippen molar-refractivity contribution in [2.24, 2.45) is 52.3 Å². The first-order valence-electron chi connectivity index (χ1n) is 16.2. The Kier molecular flexibility index (Phi) is 7.04. The van der Waals surface area contributed by atoms with E-state index in [0.717, 1.165) is 68.8 Å². The van der Waals surface area contributed by atoms with Gasteiger partial charge in [0.1, 0.15) is 6.10 Å². The second kappa shape index (κ2) is 9.79. The van der Waals surface area contributed by atoms with E-state index in [1.807, 2.05) is 0 Å². The van der Waals surface area contributed by atoms with E-state index >= 15 is 0 Å². The normalized spacial score (nSPS) is 52.7. The number of ether oxygens (including phenoxy) is 3. The molecule has 0 aromatic rings. The molecule has 2 heterocycles. The highest BCUT2D eigenvalue weighted by Crippen LogP contribution is 2.71. The number of rotatable bonds is 5. The Morgan fingerprint density at radius 1 is 0.919 bits per heavy atom. The monoisotopic (exact) mass is 514 g/mol. The fraction of sp³-hybridized carbons (Fsp3) is 0.970. The van der Waals surface area contributed by atoms with Gasteiger partial charge < -0.3 is 14.2 Å². The van der Waals surface area contributed by atoms with Gasteiger partial charge in [0.2, 0.25) is 0 Å². The third kappa shape index (κ3) is 4.25. The average Bonchev–Trinajstić information content (AvgIpc) is 3.31. The highest BCUT2D eigenvalue weighted by Gasteiger charge is 2.69. The first kappa shape index (κ1) is 26.6. The second-order valence-electron chi connectivity index (χ2n) is 15.0.